The number of nitrogens with zero attached hydrogens (tertiary/aromatic N) is 2. The molecule has 0 radical (unpaired) electrons. The molecule has 10 aromatic rings. The first kappa shape index (κ1) is 27.9. The predicted molar refractivity (Wildman–Crippen MR) is 209 cm³/mol. The number of nitriles is 1. The second kappa shape index (κ2) is 10.5. The summed E-state index contributed by atoms with van der Waals surface area (Å²) in [7, 11) is 0. The summed E-state index contributed by atoms with van der Waals surface area (Å²) in [5.41, 5.74) is 10.8. The molecular formula is C48H26N2O. The molecule has 51 heavy (non-hydrogen) atoms. The van der Waals surface area contributed by atoms with Gasteiger partial charge in [0.05, 0.1) is 17.1 Å². The summed E-state index contributed by atoms with van der Waals surface area (Å²) in [6.45, 7) is 0. The van der Waals surface area contributed by atoms with Crippen molar-refractivity contribution in [1.82, 2.24) is 4.98 Å². The highest BCUT2D eigenvalue weighted by Crippen LogP contribution is 2.49. The van der Waals surface area contributed by atoms with Crippen molar-refractivity contribution in [1.29, 1.82) is 5.26 Å². The Morgan fingerprint density at radius 1 is 0.431 bits per heavy atom. The van der Waals surface area contributed by atoms with Gasteiger partial charge < -0.3 is 4.74 Å². The predicted octanol–water partition coefficient (Wildman–Crippen LogP) is 12.9. The Balaban J connectivity index is 1.06. The van der Waals surface area contributed by atoms with Gasteiger partial charge in [0.1, 0.15) is 11.5 Å². The monoisotopic (exact) mass is 646 g/mol. The lowest BCUT2D eigenvalue weighted by Gasteiger charge is -2.23. The number of hydrogen-bond acceptors (Lipinski definition) is 3. The molecule has 3 nitrogen and oxygen atoms in total. The van der Waals surface area contributed by atoms with E-state index in [-0.39, 0.29) is 0 Å². The molecule has 1 aromatic heterocycles. The molecule has 0 spiro atoms. The third-order valence-electron chi connectivity index (χ3n) is 10.7. The Labute approximate surface area is 293 Å². The molecule has 0 N–H and O–H groups in total. The van der Waals surface area contributed by atoms with Crippen LogP contribution in [0.4, 0.5) is 0 Å². The van der Waals surface area contributed by atoms with E-state index < -0.39 is 0 Å². The van der Waals surface area contributed by atoms with Crippen LogP contribution >= 0.6 is 0 Å². The lowest BCUT2D eigenvalue weighted by Crippen LogP contribution is -1.98. The first-order chi connectivity index (χ1) is 25.2. The average molecular weight is 647 g/mol. The van der Waals surface area contributed by atoms with Crippen LogP contribution in [0.5, 0.6) is 11.5 Å². The van der Waals surface area contributed by atoms with E-state index in [9.17, 15) is 5.26 Å². The minimum Gasteiger partial charge on any atom is -0.456 e. The molecule has 0 aliphatic carbocycles. The van der Waals surface area contributed by atoms with Crippen molar-refractivity contribution >= 4 is 54.0 Å². The van der Waals surface area contributed by atoms with E-state index in [2.05, 4.69) is 132 Å². The summed E-state index contributed by atoms with van der Waals surface area (Å²) >= 11 is 0. The van der Waals surface area contributed by atoms with Gasteiger partial charge in [-0.25, -0.2) is 0 Å². The highest BCUT2D eigenvalue weighted by molar-refractivity contribution is 6.27. The van der Waals surface area contributed by atoms with Crippen molar-refractivity contribution in [3.05, 3.63) is 163 Å². The standard InChI is InChI=1S/C48H26N2O/c49-27-34-18-24-44-47-37(34)6-2-8-39(47)42-26-33(17-23-43(42)51-44)36-20-14-31-15-21-40-35(19-13-30-16-22-41(36)46(31)45(30)40)28-9-11-29(12-10-28)38-7-1-4-32-5-3-25-50-48(32)38/h1-26H. The summed E-state index contributed by atoms with van der Waals surface area (Å²) < 4.78 is 6.41. The number of hydrogen-bond donors (Lipinski definition) is 0. The van der Waals surface area contributed by atoms with Gasteiger partial charge in [0, 0.05) is 33.5 Å². The van der Waals surface area contributed by atoms with Gasteiger partial charge in [0.25, 0.3) is 0 Å². The van der Waals surface area contributed by atoms with Crippen molar-refractivity contribution in [3.63, 3.8) is 0 Å². The molecule has 0 fully saturated rings. The van der Waals surface area contributed by atoms with Gasteiger partial charge in [-0.2, -0.15) is 5.26 Å². The molecule has 0 amide bonds. The molecule has 2 heterocycles. The smallest absolute Gasteiger partial charge is 0.136 e. The van der Waals surface area contributed by atoms with E-state index in [1.165, 1.54) is 49.0 Å². The summed E-state index contributed by atoms with van der Waals surface area (Å²) in [6, 6.07) is 56.2. The number of benzene rings is 9. The Hall–Kier alpha value is -7.02. The van der Waals surface area contributed by atoms with Crippen LogP contribution in [0.25, 0.3) is 98.5 Å². The molecule has 9 aromatic carbocycles. The molecular weight excluding hydrogens is 621 g/mol. The zero-order valence-corrected chi connectivity index (χ0v) is 27.3. The molecule has 1 aliphatic heterocycles. The number of aromatic nitrogens is 1. The molecule has 0 saturated carbocycles. The fourth-order valence-electron chi connectivity index (χ4n) is 8.37. The van der Waals surface area contributed by atoms with Crippen LogP contribution in [0.15, 0.2) is 158 Å². The van der Waals surface area contributed by atoms with Gasteiger partial charge in [-0.05, 0) is 96.0 Å². The van der Waals surface area contributed by atoms with E-state index >= 15 is 0 Å². The quantitative estimate of drug-likeness (QED) is 0.179. The number of para-hydroxylation sites is 1. The molecule has 234 valence electrons. The zero-order chi connectivity index (χ0) is 33.6. The van der Waals surface area contributed by atoms with Gasteiger partial charge >= 0.3 is 0 Å². The topological polar surface area (TPSA) is 45.9 Å². The third kappa shape index (κ3) is 4.02. The highest BCUT2D eigenvalue weighted by atomic mass is 16.5. The first-order valence-electron chi connectivity index (χ1n) is 17.2. The highest BCUT2D eigenvalue weighted by Gasteiger charge is 2.23. The maximum absolute atomic E-state index is 9.79. The summed E-state index contributed by atoms with van der Waals surface area (Å²) in [5.74, 6) is 1.62. The normalized spacial score (nSPS) is 12.1. The summed E-state index contributed by atoms with van der Waals surface area (Å²) in [4.78, 5) is 4.68. The van der Waals surface area contributed by atoms with Crippen LogP contribution in [-0.4, -0.2) is 4.98 Å². The molecule has 11 rings (SSSR count). The van der Waals surface area contributed by atoms with E-state index in [1.807, 2.05) is 36.5 Å². The van der Waals surface area contributed by atoms with Crippen LogP contribution in [-0.2, 0) is 0 Å². The van der Waals surface area contributed by atoms with Crippen molar-refractivity contribution in [2.45, 2.75) is 0 Å². The largest absolute Gasteiger partial charge is 0.456 e. The lowest BCUT2D eigenvalue weighted by molar-refractivity contribution is 0.487. The van der Waals surface area contributed by atoms with E-state index in [0.717, 1.165) is 61.0 Å². The SMILES string of the molecule is N#Cc1ccc2c3c(cccc13)-c1cc(-c3ccc4ccc5c(-c6ccc(-c7cccc8cccnc78)cc6)ccc6ccc3c4c65)ccc1O2. The minimum absolute atomic E-state index is 0.656. The fraction of sp³-hybridized carbons (Fsp3) is 0. The minimum atomic E-state index is 0.656. The van der Waals surface area contributed by atoms with E-state index in [0.29, 0.717) is 5.56 Å². The van der Waals surface area contributed by atoms with Crippen LogP contribution in [0.1, 0.15) is 5.56 Å². The van der Waals surface area contributed by atoms with Crippen LogP contribution in [0.2, 0.25) is 0 Å². The number of pyridine rings is 1. The molecule has 0 bridgehead atoms. The first-order valence-corrected chi connectivity index (χ1v) is 17.2. The molecule has 0 unspecified atom stereocenters. The number of ether oxygens (including phenoxy) is 1. The van der Waals surface area contributed by atoms with Gasteiger partial charge in [0.2, 0.25) is 0 Å². The molecule has 0 atom stereocenters. The number of fused-ring (bicyclic) bond motifs is 3. The van der Waals surface area contributed by atoms with E-state index in [1.54, 1.807) is 0 Å². The van der Waals surface area contributed by atoms with Crippen LogP contribution in [0, 0.1) is 11.3 Å². The molecule has 3 heteroatoms. The summed E-state index contributed by atoms with van der Waals surface area (Å²) in [6.07, 6.45) is 1.86. The van der Waals surface area contributed by atoms with Gasteiger partial charge in [-0.15, -0.1) is 0 Å². The van der Waals surface area contributed by atoms with Crippen molar-refractivity contribution in [3.8, 4) is 62.1 Å². The zero-order valence-electron chi connectivity index (χ0n) is 27.3. The lowest BCUT2D eigenvalue weighted by atomic mass is 9.86. The second-order valence-corrected chi connectivity index (χ2v) is 13.4. The maximum atomic E-state index is 9.79. The number of rotatable bonds is 3. The van der Waals surface area contributed by atoms with Gasteiger partial charge in [-0.1, -0.05) is 121 Å². The van der Waals surface area contributed by atoms with Gasteiger partial charge in [0.15, 0.2) is 0 Å². The average Bonchev–Trinajstić information content (AvgIpc) is 3.20. The Kier molecular flexibility index (Phi) is 5.73. The maximum Gasteiger partial charge on any atom is 0.136 e. The Bertz CT molecular complexity index is 3110. The van der Waals surface area contributed by atoms with E-state index in [4.69, 9.17) is 4.74 Å². The van der Waals surface area contributed by atoms with Crippen molar-refractivity contribution in [2.75, 3.05) is 0 Å². The Morgan fingerprint density at radius 2 is 1.06 bits per heavy atom. The Morgan fingerprint density at radius 3 is 1.82 bits per heavy atom. The summed E-state index contributed by atoms with van der Waals surface area (Å²) in [5, 5.41) is 20.3. The van der Waals surface area contributed by atoms with Crippen LogP contribution < -0.4 is 4.74 Å². The van der Waals surface area contributed by atoms with Crippen molar-refractivity contribution in [2.24, 2.45) is 0 Å². The molecule has 0 saturated heterocycles. The second-order valence-electron chi connectivity index (χ2n) is 13.4. The van der Waals surface area contributed by atoms with Gasteiger partial charge in [-0.3, -0.25) is 4.98 Å². The molecule has 1 aliphatic rings. The fourth-order valence-corrected chi connectivity index (χ4v) is 8.37. The van der Waals surface area contributed by atoms with Crippen molar-refractivity contribution < 1.29 is 4.74 Å². The van der Waals surface area contributed by atoms with Crippen LogP contribution in [0.3, 0.4) is 0 Å². The third-order valence-corrected chi connectivity index (χ3v) is 10.7.